The van der Waals surface area contributed by atoms with E-state index in [4.69, 9.17) is 4.42 Å². The first kappa shape index (κ1) is 33.6. The van der Waals surface area contributed by atoms with E-state index in [0.717, 1.165) is 44.7 Å². The number of anilines is 9. The lowest BCUT2D eigenvalue weighted by molar-refractivity contribution is 0.669. The van der Waals surface area contributed by atoms with Gasteiger partial charge in [-0.2, -0.15) is 0 Å². The van der Waals surface area contributed by atoms with Gasteiger partial charge >= 0.3 is 0 Å². The molecule has 0 saturated heterocycles. The minimum Gasteiger partial charge on any atom is -0.456 e. The quantitative estimate of drug-likeness (QED) is 0.158. The Morgan fingerprint density at radius 3 is 1.68 bits per heavy atom. The molecule has 6 heteroatoms. The van der Waals surface area contributed by atoms with Crippen molar-refractivity contribution in [3.63, 3.8) is 0 Å². The predicted molar refractivity (Wildman–Crippen MR) is 245 cm³/mol. The van der Waals surface area contributed by atoms with Gasteiger partial charge in [-0.3, -0.25) is 0 Å². The normalized spacial score (nSPS) is 13.1. The van der Waals surface area contributed by atoms with Crippen LogP contribution in [0, 0.1) is 0 Å². The van der Waals surface area contributed by atoms with Gasteiger partial charge < -0.3 is 19.1 Å². The van der Waals surface area contributed by atoms with Crippen LogP contribution >= 0.6 is 0 Å². The van der Waals surface area contributed by atoms with Crippen molar-refractivity contribution < 1.29 is 4.42 Å². The van der Waals surface area contributed by atoms with Gasteiger partial charge in [0.05, 0.1) is 8.07 Å². The van der Waals surface area contributed by atoms with E-state index in [2.05, 4.69) is 210 Å². The van der Waals surface area contributed by atoms with E-state index in [9.17, 15) is 0 Å². The molecule has 3 heterocycles. The van der Waals surface area contributed by atoms with E-state index in [1.54, 1.807) is 0 Å². The van der Waals surface area contributed by atoms with E-state index in [0.29, 0.717) is 0 Å². The molecule has 0 aliphatic carbocycles. The number of hydrogen-bond acceptors (Lipinski definition) is 4. The average molecular weight is 750 g/mol. The molecule has 2 aliphatic heterocycles. The van der Waals surface area contributed by atoms with Crippen LogP contribution in [-0.4, -0.2) is 14.8 Å². The van der Waals surface area contributed by atoms with Crippen molar-refractivity contribution in [3.05, 3.63) is 188 Å². The number of benzene rings is 8. The smallest absolute Gasteiger partial charge is 0.252 e. The van der Waals surface area contributed by atoms with Crippen LogP contribution in [0.4, 0.5) is 51.2 Å². The van der Waals surface area contributed by atoms with Gasteiger partial charge in [-0.25, -0.2) is 0 Å². The Labute approximate surface area is 334 Å². The van der Waals surface area contributed by atoms with Crippen LogP contribution in [0.1, 0.15) is 0 Å². The van der Waals surface area contributed by atoms with Crippen molar-refractivity contribution in [1.29, 1.82) is 0 Å². The molecule has 0 fully saturated rings. The largest absolute Gasteiger partial charge is 0.456 e. The highest BCUT2D eigenvalue weighted by Crippen LogP contribution is 2.46. The molecule has 0 spiro atoms. The maximum atomic E-state index is 6.28. The molecule has 2 aliphatic rings. The van der Waals surface area contributed by atoms with E-state index in [1.807, 2.05) is 12.1 Å². The second-order valence-corrected chi connectivity index (χ2v) is 21.3. The Morgan fingerprint density at radius 2 is 0.982 bits per heavy atom. The number of para-hydroxylation sites is 5. The third-order valence-electron chi connectivity index (χ3n) is 11.7. The number of fused-ring (bicyclic) bond motifs is 7. The fraction of sp³-hybridized carbons (Fsp3) is 0.0588. The lowest BCUT2D eigenvalue weighted by Crippen LogP contribution is -2.62. The first-order chi connectivity index (χ1) is 27.9. The van der Waals surface area contributed by atoms with Gasteiger partial charge in [0, 0.05) is 62.0 Å². The maximum absolute atomic E-state index is 6.28. The summed E-state index contributed by atoms with van der Waals surface area (Å²) in [7, 11) is -1.81. The number of hydrogen-bond donors (Lipinski definition) is 0. The highest BCUT2D eigenvalue weighted by molar-refractivity contribution is 7.00. The lowest BCUT2D eigenvalue weighted by Gasteiger charge is -2.45. The van der Waals surface area contributed by atoms with E-state index in [-0.39, 0.29) is 6.71 Å². The van der Waals surface area contributed by atoms with Gasteiger partial charge in [-0.15, -0.1) is 0 Å². The van der Waals surface area contributed by atoms with Gasteiger partial charge in [-0.05, 0) is 107 Å². The molecule has 0 amide bonds. The zero-order chi connectivity index (χ0) is 38.3. The summed E-state index contributed by atoms with van der Waals surface area (Å²) in [6, 6.07) is 68.6. The van der Waals surface area contributed by atoms with Crippen LogP contribution in [0.15, 0.2) is 192 Å². The first-order valence-corrected chi connectivity index (χ1v) is 23.3. The summed E-state index contributed by atoms with van der Waals surface area (Å²) in [6.45, 7) is 7.43. The fourth-order valence-electron chi connectivity index (χ4n) is 9.09. The summed E-state index contributed by atoms with van der Waals surface area (Å²) in [4.78, 5) is 7.42. The molecular formula is C51H40BN3OSi. The second kappa shape index (κ2) is 12.9. The molecule has 0 bridgehead atoms. The monoisotopic (exact) mass is 749 g/mol. The van der Waals surface area contributed by atoms with Crippen LogP contribution in [-0.2, 0) is 0 Å². The Hall–Kier alpha value is -6.76. The van der Waals surface area contributed by atoms with Crippen molar-refractivity contribution in [3.8, 4) is 0 Å². The topological polar surface area (TPSA) is 22.9 Å². The molecule has 0 saturated carbocycles. The third-order valence-corrected chi connectivity index (χ3v) is 13.8. The molecular weight excluding hydrogens is 709 g/mol. The summed E-state index contributed by atoms with van der Waals surface area (Å²) < 4.78 is 6.28. The summed E-state index contributed by atoms with van der Waals surface area (Å²) in [5, 5.41) is 3.66. The third kappa shape index (κ3) is 5.36. The van der Waals surface area contributed by atoms with Gasteiger partial charge in [0.2, 0.25) is 0 Å². The SMILES string of the molecule is C[Si](C)(C)c1cc2c3c(c1)N(c1ccccc1)c1cc(N(c4ccccc4)c4ccc5oc6ccccc6c5c4)ccc1B3c1ccccc1N2c1ccccc1. The second-order valence-electron chi connectivity index (χ2n) is 16.2. The highest BCUT2D eigenvalue weighted by atomic mass is 28.3. The molecule has 272 valence electrons. The Bertz CT molecular complexity index is 2980. The zero-order valence-corrected chi connectivity index (χ0v) is 33.2. The van der Waals surface area contributed by atoms with E-state index >= 15 is 0 Å². The molecule has 1 aromatic heterocycles. The van der Waals surface area contributed by atoms with Gasteiger partial charge in [0.15, 0.2) is 0 Å². The zero-order valence-electron chi connectivity index (χ0n) is 32.2. The minimum absolute atomic E-state index is 0.0460. The van der Waals surface area contributed by atoms with Crippen LogP contribution in [0.5, 0.6) is 0 Å². The molecule has 57 heavy (non-hydrogen) atoms. The van der Waals surface area contributed by atoms with Crippen molar-refractivity contribution in [1.82, 2.24) is 0 Å². The number of nitrogens with zero attached hydrogens (tertiary/aromatic N) is 3. The van der Waals surface area contributed by atoms with Gasteiger partial charge in [0.1, 0.15) is 11.2 Å². The first-order valence-electron chi connectivity index (χ1n) is 19.8. The number of furan rings is 1. The van der Waals surface area contributed by atoms with Gasteiger partial charge in [0.25, 0.3) is 6.71 Å². The Morgan fingerprint density at radius 1 is 0.439 bits per heavy atom. The van der Waals surface area contributed by atoms with Crippen LogP contribution in [0.2, 0.25) is 19.6 Å². The molecule has 0 unspecified atom stereocenters. The number of rotatable bonds is 6. The van der Waals surface area contributed by atoms with Crippen molar-refractivity contribution in [2.75, 3.05) is 14.7 Å². The van der Waals surface area contributed by atoms with Crippen molar-refractivity contribution in [2.24, 2.45) is 0 Å². The average Bonchev–Trinajstić information content (AvgIpc) is 3.62. The lowest BCUT2D eigenvalue weighted by atomic mass is 9.33. The molecule has 4 nitrogen and oxygen atoms in total. The summed E-state index contributed by atoms with van der Waals surface area (Å²) in [5.41, 5.74) is 16.3. The van der Waals surface area contributed by atoms with Crippen molar-refractivity contribution >= 4 is 109 Å². The fourth-order valence-corrected chi connectivity index (χ4v) is 10.2. The molecule has 8 aromatic carbocycles. The van der Waals surface area contributed by atoms with Crippen LogP contribution in [0.3, 0.4) is 0 Å². The maximum Gasteiger partial charge on any atom is 0.252 e. The van der Waals surface area contributed by atoms with Gasteiger partial charge in [-0.1, -0.05) is 122 Å². The van der Waals surface area contributed by atoms with Crippen LogP contribution < -0.4 is 36.3 Å². The molecule has 0 N–H and O–H groups in total. The highest BCUT2D eigenvalue weighted by Gasteiger charge is 2.44. The predicted octanol–water partition coefficient (Wildman–Crippen LogP) is 11.7. The Kier molecular flexibility index (Phi) is 7.60. The Balaban J connectivity index is 1.19. The standard InChI is InChI=1S/C51H40BN3OSi/c1-57(2,3)40-33-47-51-48(34-40)55(37-21-11-6-12-22-37)46-32-39(27-29-44(46)52(51)43-24-14-15-25-45(43)54(47)36-19-9-5-10-20-36)53(35-17-7-4-8-18-35)38-28-30-50-42(31-38)41-23-13-16-26-49(41)56-50/h4-34H,1-3H3. The molecule has 9 aromatic rings. The summed E-state index contributed by atoms with van der Waals surface area (Å²) in [6.07, 6.45) is 0. The summed E-state index contributed by atoms with van der Waals surface area (Å²) in [5.74, 6) is 0. The summed E-state index contributed by atoms with van der Waals surface area (Å²) >= 11 is 0. The molecule has 0 atom stereocenters. The van der Waals surface area contributed by atoms with Crippen LogP contribution in [0.25, 0.3) is 21.9 Å². The van der Waals surface area contributed by atoms with E-state index in [1.165, 1.54) is 50.0 Å². The minimum atomic E-state index is -1.81. The molecule has 11 rings (SSSR count). The van der Waals surface area contributed by atoms with E-state index < -0.39 is 8.07 Å². The molecule has 0 radical (unpaired) electrons. The van der Waals surface area contributed by atoms with Crippen molar-refractivity contribution in [2.45, 2.75) is 19.6 Å².